The maximum atomic E-state index is 12.9. The van der Waals surface area contributed by atoms with Crippen LogP contribution in [0.2, 0.25) is 0 Å². The number of benzene rings is 3. The lowest BCUT2D eigenvalue weighted by Gasteiger charge is -2.14. The molecule has 3 aromatic carbocycles. The van der Waals surface area contributed by atoms with Crippen LogP contribution in [-0.4, -0.2) is 33.6 Å². The number of carboxylic acid groups (broad SMARTS) is 1. The normalized spacial score (nSPS) is 12.6. The van der Waals surface area contributed by atoms with E-state index in [1.807, 2.05) is 0 Å². The summed E-state index contributed by atoms with van der Waals surface area (Å²) < 4.78 is 0. The zero-order chi connectivity index (χ0) is 22.3. The molecule has 31 heavy (non-hydrogen) atoms. The molecule has 0 unspecified atom stereocenters. The SMILES string of the molecule is O=C(O)c1cccc(N2C(=O)c3ccc(C(=O)c4ccc([N+](=O)[O-])cc4)cc3C2=O)c1. The van der Waals surface area contributed by atoms with Gasteiger partial charge in [0.15, 0.2) is 5.78 Å². The van der Waals surface area contributed by atoms with Gasteiger partial charge in [0.25, 0.3) is 17.5 Å². The van der Waals surface area contributed by atoms with Crippen molar-refractivity contribution in [3.05, 3.63) is 105 Å². The number of fused-ring (bicyclic) bond motifs is 1. The second kappa shape index (κ2) is 7.30. The number of carbonyl (C=O) groups is 4. The Morgan fingerprint density at radius 3 is 2.10 bits per heavy atom. The maximum Gasteiger partial charge on any atom is 0.335 e. The van der Waals surface area contributed by atoms with Crippen molar-refractivity contribution in [2.75, 3.05) is 4.90 Å². The molecule has 0 spiro atoms. The summed E-state index contributed by atoms with van der Waals surface area (Å²) in [6.07, 6.45) is 0. The van der Waals surface area contributed by atoms with Crippen LogP contribution < -0.4 is 4.90 Å². The van der Waals surface area contributed by atoms with E-state index in [1.165, 1.54) is 66.7 Å². The van der Waals surface area contributed by atoms with Gasteiger partial charge < -0.3 is 5.11 Å². The molecule has 1 heterocycles. The van der Waals surface area contributed by atoms with Crippen molar-refractivity contribution >= 4 is 34.9 Å². The number of carboxylic acids is 1. The Labute approximate surface area is 174 Å². The Morgan fingerprint density at radius 1 is 0.806 bits per heavy atom. The molecular weight excluding hydrogens is 404 g/mol. The number of imide groups is 1. The predicted molar refractivity (Wildman–Crippen MR) is 108 cm³/mol. The number of aromatic carboxylic acids is 1. The highest BCUT2D eigenvalue weighted by Crippen LogP contribution is 2.30. The van der Waals surface area contributed by atoms with Gasteiger partial charge in [0, 0.05) is 23.3 Å². The fourth-order valence-electron chi connectivity index (χ4n) is 3.30. The Hall–Kier alpha value is -4.66. The number of amides is 2. The highest BCUT2D eigenvalue weighted by atomic mass is 16.6. The maximum absolute atomic E-state index is 12.9. The van der Waals surface area contributed by atoms with Crippen molar-refractivity contribution < 1.29 is 29.2 Å². The molecule has 4 rings (SSSR count). The summed E-state index contributed by atoms with van der Waals surface area (Å²) in [5.41, 5.74) is 0.288. The minimum Gasteiger partial charge on any atom is -0.478 e. The van der Waals surface area contributed by atoms with Crippen molar-refractivity contribution in [1.29, 1.82) is 0 Å². The molecule has 0 aromatic heterocycles. The number of carbonyl (C=O) groups excluding carboxylic acids is 3. The minimum absolute atomic E-state index is 0.0125. The van der Waals surface area contributed by atoms with Crippen molar-refractivity contribution in [2.24, 2.45) is 0 Å². The van der Waals surface area contributed by atoms with Crippen LogP contribution in [-0.2, 0) is 0 Å². The number of ketones is 1. The first-order chi connectivity index (χ1) is 14.8. The molecule has 9 heteroatoms. The van der Waals surface area contributed by atoms with Crippen LogP contribution >= 0.6 is 0 Å². The molecule has 0 saturated heterocycles. The van der Waals surface area contributed by atoms with E-state index in [4.69, 9.17) is 5.11 Å². The topological polar surface area (TPSA) is 135 Å². The van der Waals surface area contributed by atoms with E-state index in [2.05, 4.69) is 0 Å². The number of non-ortho nitro benzene ring substituents is 1. The first-order valence-electron chi connectivity index (χ1n) is 8.93. The lowest BCUT2D eigenvalue weighted by Crippen LogP contribution is -2.29. The minimum atomic E-state index is -1.20. The van der Waals surface area contributed by atoms with E-state index in [9.17, 15) is 29.3 Å². The Morgan fingerprint density at radius 2 is 1.45 bits per heavy atom. The lowest BCUT2D eigenvalue weighted by atomic mass is 9.99. The Balaban J connectivity index is 1.68. The van der Waals surface area contributed by atoms with Crippen molar-refractivity contribution in [2.45, 2.75) is 0 Å². The Kier molecular flexibility index (Phi) is 4.63. The van der Waals surface area contributed by atoms with Crippen LogP contribution in [0.5, 0.6) is 0 Å². The zero-order valence-electron chi connectivity index (χ0n) is 15.6. The molecule has 1 aliphatic heterocycles. The molecule has 2 amide bonds. The fourth-order valence-corrected chi connectivity index (χ4v) is 3.30. The van der Waals surface area contributed by atoms with Crippen molar-refractivity contribution in [3.8, 4) is 0 Å². The standard InChI is InChI=1S/C22H12N2O7/c25-19(12-4-7-15(8-5-12)24(30)31)13-6-9-17-18(11-13)21(27)23(20(17)26)16-3-1-2-14(10-16)22(28)29/h1-11H,(H,28,29). The lowest BCUT2D eigenvalue weighted by molar-refractivity contribution is -0.384. The van der Waals surface area contributed by atoms with Gasteiger partial charge in [0.1, 0.15) is 0 Å². The molecule has 152 valence electrons. The average molecular weight is 416 g/mol. The summed E-state index contributed by atoms with van der Waals surface area (Å²) in [5, 5.41) is 19.9. The summed E-state index contributed by atoms with van der Waals surface area (Å²) in [7, 11) is 0. The first kappa shape index (κ1) is 19.6. The van der Waals surface area contributed by atoms with Crippen LogP contribution in [0.3, 0.4) is 0 Å². The third-order valence-electron chi connectivity index (χ3n) is 4.84. The third-order valence-corrected chi connectivity index (χ3v) is 4.84. The number of nitro benzene ring substituents is 1. The smallest absolute Gasteiger partial charge is 0.335 e. The van der Waals surface area contributed by atoms with Gasteiger partial charge in [-0.15, -0.1) is 0 Å². The number of hydrogen-bond acceptors (Lipinski definition) is 6. The molecular formula is C22H12N2O7. The number of nitrogens with zero attached hydrogens (tertiary/aromatic N) is 2. The van der Waals surface area contributed by atoms with E-state index in [0.29, 0.717) is 0 Å². The molecule has 0 atom stereocenters. The van der Waals surface area contributed by atoms with E-state index < -0.39 is 28.5 Å². The number of nitro groups is 1. The van der Waals surface area contributed by atoms with Gasteiger partial charge in [-0.25, -0.2) is 9.69 Å². The van der Waals surface area contributed by atoms with Crippen LogP contribution in [0.4, 0.5) is 11.4 Å². The van der Waals surface area contributed by atoms with E-state index >= 15 is 0 Å². The highest BCUT2D eigenvalue weighted by molar-refractivity contribution is 6.35. The molecule has 9 nitrogen and oxygen atoms in total. The van der Waals surface area contributed by atoms with Crippen LogP contribution in [0, 0.1) is 10.1 Å². The molecule has 0 saturated carbocycles. The van der Waals surface area contributed by atoms with Crippen molar-refractivity contribution in [3.63, 3.8) is 0 Å². The molecule has 3 aromatic rings. The van der Waals surface area contributed by atoms with Gasteiger partial charge in [-0.1, -0.05) is 12.1 Å². The van der Waals surface area contributed by atoms with Gasteiger partial charge in [-0.3, -0.25) is 24.5 Å². The third kappa shape index (κ3) is 3.33. The fraction of sp³-hybridized carbons (Fsp3) is 0. The van der Waals surface area contributed by atoms with Gasteiger partial charge in [-0.05, 0) is 42.5 Å². The molecule has 1 aliphatic rings. The summed E-state index contributed by atoms with van der Waals surface area (Å²) in [4.78, 5) is 60.6. The first-order valence-corrected chi connectivity index (χ1v) is 8.93. The van der Waals surface area contributed by atoms with Crippen molar-refractivity contribution in [1.82, 2.24) is 0 Å². The summed E-state index contributed by atoms with van der Waals surface area (Å²) in [5.74, 6) is -2.98. The number of anilines is 1. The van der Waals surface area contributed by atoms with E-state index in [0.717, 1.165) is 4.90 Å². The summed E-state index contributed by atoms with van der Waals surface area (Å²) in [6.45, 7) is 0. The summed E-state index contributed by atoms with van der Waals surface area (Å²) in [6, 6.07) is 14.5. The molecule has 0 aliphatic carbocycles. The molecule has 0 radical (unpaired) electrons. The van der Waals surface area contributed by atoms with E-state index in [-0.39, 0.29) is 39.2 Å². The summed E-state index contributed by atoms with van der Waals surface area (Å²) >= 11 is 0. The monoisotopic (exact) mass is 416 g/mol. The molecule has 0 fully saturated rings. The highest BCUT2D eigenvalue weighted by Gasteiger charge is 2.37. The quantitative estimate of drug-likeness (QED) is 0.292. The van der Waals surface area contributed by atoms with Gasteiger partial charge in [0.05, 0.1) is 27.3 Å². The van der Waals surface area contributed by atoms with Gasteiger partial charge in [-0.2, -0.15) is 0 Å². The average Bonchev–Trinajstić information content (AvgIpc) is 3.03. The molecule has 1 N–H and O–H groups in total. The van der Waals surface area contributed by atoms with Crippen LogP contribution in [0.15, 0.2) is 66.7 Å². The van der Waals surface area contributed by atoms with Crippen LogP contribution in [0.25, 0.3) is 0 Å². The largest absolute Gasteiger partial charge is 0.478 e. The zero-order valence-corrected chi connectivity index (χ0v) is 15.6. The predicted octanol–water partition coefficient (Wildman–Crippen LogP) is 3.32. The van der Waals surface area contributed by atoms with Gasteiger partial charge >= 0.3 is 5.97 Å². The van der Waals surface area contributed by atoms with E-state index in [1.54, 1.807) is 0 Å². The second-order valence-corrected chi connectivity index (χ2v) is 6.69. The second-order valence-electron chi connectivity index (χ2n) is 6.69. The number of rotatable bonds is 5. The van der Waals surface area contributed by atoms with Gasteiger partial charge in [0.2, 0.25) is 0 Å². The van der Waals surface area contributed by atoms with Crippen LogP contribution in [0.1, 0.15) is 47.0 Å². The molecule has 0 bridgehead atoms. The number of hydrogen-bond donors (Lipinski definition) is 1. The Bertz CT molecular complexity index is 1300.